The summed E-state index contributed by atoms with van der Waals surface area (Å²) in [5.41, 5.74) is 0.574. The van der Waals surface area contributed by atoms with Crippen LogP contribution in [-0.4, -0.2) is 41.0 Å². The van der Waals surface area contributed by atoms with Crippen LogP contribution >= 0.6 is 0 Å². The Morgan fingerprint density at radius 3 is 2.30 bits per heavy atom. The highest BCUT2D eigenvalue weighted by atomic mass is 16.2. The zero-order chi connectivity index (χ0) is 15.8. The van der Waals surface area contributed by atoms with Crippen molar-refractivity contribution in [1.82, 2.24) is 14.9 Å². The summed E-state index contributed by atoms with van der Waals surface area (Å²) >= 11 is 0. The van der Waals surface area contributed by atoms with Crippen LogP contribution in [-0.2, 0) is 6.54 Å². The first kappa shape index (κ1) is 14.3. The summed E-state index contributed by atoms with van der Waals surface area (Å²) in [6.07, 6.45) is 0. The summed E-state index contributed by atoms with van der Waals surface area (Å²) in [5, 5.41) is 0. The van der Waals surface area contributed by atoms with Gasteiger partial charge in [0.15, 0.2) is 0 Å². The van der Waals surface area contributed by atoms with Crippen LogP contribution in [0.1, 0.15) is 5.56 Å². The first-order valence-corrected chi connectivity index (χ1v) is 8.02. The number of aromatic nitrogens is 2. The lowest BCUT2D eigenvalue weighted by atomic mass is 10.0. The van der Waals surface area contributed by atoms with E-state index in [4.69, 9.17) is 0 Å². The third kappa shape index (κ3) is 2.94. The number of H-pyrrole nitrogens is 2. The topological polar surface area (TPSA) is 72.2 Å². The number of benzene rings is 1. The molecule has 6 nitrogen and oxygen atoms in total. The van der Waals surface area contributed by atoms with Crippen molar-refractivity contribution in [1.29, 1.82) is 0 Å². The molecule has 3 heterocycles. The van der Waals surface area contributed by atoms with Crippen molar-refractivity contribution in [3.63, 3.8) is 0 Å². The summed E-state index contributed by atoms with van der Waals surface area (Å²) in [6.45, 7) is 4.94. The van der Waals surface area contributed by atoms with E-state index in [0.717, 1.165) is 32.7 Å². The van der Waals surface area contributed by atoms with Gasteiger partial charge in [0.25, 0.3) is 5.56 Å². The van der Waals surface area contributed by atoms with Gasteiger partial charge in [-0.2, -0.15) is 0 Å². The monoisotopic (exact) mass is 312 g/mol. The largest absolute Gasteiger partial charge is 0.357 e. The van der Waals surface area contributed by atoms with E-state index >= 15 is 0 Å². The Morgan fingerprint density at radius 1 is 0.957 bits per heavy atom. The molecule has 1 aromatic heterocycles. The fourth-order valence-electron chi connectivity index (χ4n) is 3.88. The number of nitrogens with one attached hydrogen (secondary N) is 2. The highest BCUT2D eigenvalue weighted by molar-refractivity contribution is 5.38. The van der Waals surface area contributed by atoms with Gasteiger partial charge < -0.3 is 4.90 Å². The highest BCUT2D eigenvalue weighted by Gasteiger charge is 2.40. The third-order valence-corrected chi connectivity index (χ3v) is 4.90. The Hall–Kier alpha value is -2.34. The second-order valence-corrected chi connectivity index (χ2v) is 6.58. The Kier molecular flexibility index (Phi) is 3.53. The molecule has 2 aliphatic rings. The highest BCUT2D eigenvalue weighted by Crippen LogP contribution is 2.33. The average molecular weight is 312 g/mol. The molecule has 2 saturated heterocycles. The van der Waals surface area contributed by atoms with E-state index in [2.05, 4.69) is 44.0 Å². The van der Waals surface area contributed by atoms with Crippen molar-refractivity contribution in [3.8, 4) is 0 Å². The van der Waals surface area contributed by atoms with Gasteiger partial charge in [-0.05, 0) is 17.4 Å². The minimum atomic E-state index is -0.435. The van der Waals surface area contributed by atoms with E-state index in [9.17, 15) is 9.59 Å². The molecule has 4 rings (SSSR count). The molecule has 120 valence electrons. The van der Waals surface area contributed by atoms with Crippen molar-refractivity contribution in [3.05, 3.63) is 62.8 Å². The molecule has 0 radical (unpaired) electrons. The van der Waals surface area contributed by atoms with Gasteiger partial charge in [0.05, 0.1) is 0 Å². The Morgan fingerprint density at radius 2 is 1.65 bits per heavy atom. The van der Waals surface area contributed by atoms with E-state index in [-0.39, 0.29) is 5.56 Å². The van der Waals surface area contributed by atoms with Crippen molar-refractivity contribution in [2.75, 3.05) is 31.1 Å². The van der Waals surface area contributed by atoms with Crippen LogP contribution < -0.4 is 16.1 Å². The maximum atomic E-state index is 11.5. The number of hydrogen-bond acceptors (Lipinski definition) is 4. The number of likely N-dealkylation sites (tertiary alicyclic amines) is 1. The normalized spacial score (nSPS) is 24.1. The van der Waals surface area contributed by atoms with E-state index in [1.54, 1.807) is 0 Å². The molecule has 2 atom stereocenters. The van der Waals surface area contributed by atoms with E-state index in [1.807, 2.05) is 6.07 Å². The first-order chi connectivity index (χ1) is 11.2. The molecule has 0 spiro atoms. The number of hydrogen-bond donors (Lipinski definition) is 2. The fraction of sp³-hybridized carbons (Fsp3) is 0.412. The van der Waals surface area contributed by atoms with Crippen LogP contribution in [0.2, 0.25) is 0 Å². The van der Waals surface area contributed by atoms with E-state index in [0.29, 0.717) is 17.7 Å². The number of fused-ring (bicyclic) bond motifs is 1. The van der Waals surface area contributed by atoms with E-state index < -0.39 is 5.69 Å². The number of nitrogens with zero attached hydrogens (tertiary/aromatic N) is 2. The van der Waals surface area contributed by atoms with Crippen LogP contribution in [0.25, 0.3) is 0 Å². The molecular weight excluding hydrogens is 292 g/mol. The van der Waals surface area contributed by atoms with Gasteiger partial charge in [-0.3, -0.25) is 19.7 Å². The second kappa shape index (κ2) is 5.70. The van der Waals surface area contributed by atoms with Crippen LogP contribution in [0.3, 0.4) is 0 Å². The Bertz CT molecular complexity index is 756. The number of aromatic amines is 2. The zero-order valence-electron chi connectivity index (χ0n) is 12.9. The number of rotatable bonds is 3. The molecule has 6 heteroatoms. The molecule has 0 bridgehead atoms. The zero-order valence-corrected chi connectivity index (χ0v) is 12.9. The second-order valence-electron chi connectivity index (χ2n) is 6.58. The van der Waals surface area contributed by atoms with Gasteiger partial charge in [0.2, 0.25) is 0 Å². The fourth-order valence-corrected chi connectivity index (χ4v) is 3.88. The molecule has 23 heavy (non-hydrogen) atoms. The molecule has 2 fully saturated rings. The summed E-state index contributed by atoms with van der Waals surface area (Å²) in [6, 6.07) is 12.0. The maximum Gasteiger partial charge on any atom is 0.327 e. The molecule has 0 saturated carbocycles. The summed E-state index contributed by atoms with van der Waals surface area (Å²) < 4.78 is 0. The standard InChI is InChI=1S/C17H20N4O2/c22-16-6-15(18-17(23)19-16)21-10-13-8-20(9-14(13)11-21)7-12-4-2-1-3-5-12/h1-6,13-14H,7-11H2,(H2,18,19,22,23). The van der Waals surface area contributed by atoms with Gasteiger partial charge in [-0.25, -0.2) is 4.79 Å². The Labute approximate surface area is 133 Å². The molecule has 2 aromatic rings. The predicted molar refractivity (Wildman–Crippen MR) is 88.6 cm³/mol. The maximum absolute atomic E-state index is 11.5. The summed E-state index contributed by atoms with van der Waals surface area (Å²) in [5.74, 6) is 1.84. The lowest BCUT2D eigenvalue weighted by Gasteiger charge is -2.22. The molecule has 0 amide bonds. The molecule has 2 N–H and O–H groups in total. The van der Waals surface area contributed by atoms with Gasteiger partial charge in [-0.15, -0.1) is 0 Å². The van der Waals surface area contributed by atoms with Crippen LogP contribution in [0.4, 0.5) is 5.82 Å². The summed E-state index contributed by atoms with van der Waals surface area (Å²) in [4.78, 5) is 32.5. The Balaban J connectivity index is 1.42. The van der Waals surface area contributed by atoms with Crippen molar-refractivity contribution < 1.29 is 0 Å². The van der Waals surface area contributed by atoms with Gasteiger partial charge in [0.1, 0.15) is 5.82 Å². The average Bonchev–Trinajstić information content (AvgIpc) is 3.05. The predicted octanol–water partition coefficient (Wildman–Crippen LogP) is 0.631. The minimum Gasteiger partial charge on any atom is -0.357 e. The van der Waals surface area contributed by atoms with Gasteiger partial charge >= 0.3 is 5.69 Å². The van der Waals surface area contributed by atoms with E-state index in [1.165, 1.54) is 11.6 Å². The molecule has 0 aliphatic carbocycles. The molecule has 2 unspecified atom stereocenters. The molecule has 2 aliphatic heterocycles. The van der Waals surface area contributed by atoms with Crippen LogP contribution in [0.5, 0.6) is 0 Å². The van der Waals surface area contributed by atoms with Gasteiger partial charge in [-0.1, -0.05) is 30.3 Å². The van der Waals surface area contributed by atoms with Crippen LogP contribution in [0.15, 0.2) is 46.0 Å². The molecule has 1 aromatic carbocycles. The smallest absolute Gasteiger partial charge is 0.327 e. The SMILES string of the molecule is O=c1cc(N2CC3CN(Cc4ccccc4)CC3C2)[nH]c(=O)[nH]1. The summed E-state index contributed by atoms with van der Waals surface area (Å²) in [7, 11) is 0. The first-order valence-electron chi connectivity index (χ1n) is 8.02. The quantitative estimate of drug-likeness (QED) is 0.872. The molecular formula is C17H20N4O2. The van der Waals surface area contributed by atoms with Crippen LogP contribution in [0, 0.1) is 11.8 Å². The van der Waals surface area contributed by atoms with Crippen molar-refractivity contribution >= 4 is 5.82 Å². The lowest BCUT2D eigenvalue weighted by molar-refractivity contribution is 0.309. The minimum absolute atomic E-state index is 0.341. The number of anilines is 1. The lowest BCUT2D eigenvalue weighted by Crippen LogP contribution is -2.32. The van der Waals surface area contributed by atoms with Gasteiger partial charge in [0, 0.05) is 38.8 Å². The third-order valence-electron chi connectivity index (χ3n) is 4.90. The van der Waals surface area contributed by atoms with Crippen molar-refractivity contribution in [2.45, 2.75) is 6.54 Å². The van der Waals surface area contributed by atoms with Crippen molar-refractivity contribution in [2.24, 2.45) is 11.8 Å².